The first-order chi connectivity index (χ1) is 9.79. The molecule has 0 aliphatic carbocycles. The Kier molecular flexibility index (Phi) is 9.73. The predicted molar refractivity (Wildman–Crippen MR) is 87.4 cm³/mol. The van der Waals surface area contributed by atoms with E-state index in [-0.39, 0.29) is 6.10 Å². The van der Waals surface area contributed by atoms with Gasteiger partial charge in [-0.15, -0.1) is 0 Å². The van der Waals surface area contributed by atoms with E-state index in [1.165, 1.54) is 25.7 Å². The number of hydrogen-bond donors (Lipinski definition) is 1. The molecule has 0 saturated heterocycles. The number of unbranched alkanes of at least 4 members (excludes halogenated alkanes) is 4. The van der Waals surface area contributed by atoms with Crippen LogP contribution in [-0.4, -0.2) is 19.7 Å². The molecule has 1 aromatic carbocycles. The largest absolute Gasteiger partial charge is 0.372 e. The van der Waals surface area contributed by atoms with Crippen molar-refractivity contribution in [3.8, 4) is 0 Å². The number of rotatable bonds is 11. The van der Waals surface area contributed by atoms with Gasteiger partial charge in [0.05, 0.1) is 6.10 Å². The van der Waals surface area contributed by atoms with Crippen molar-refractivity contribution in [3.63, 3.8) is 0 Å². The summed E-state index contributed by atoms with van der Waals surface area (Å²) in [6.07, 6.45) is 6.35. The minimum atomic E-state index is 0.0508. The highest BCUT2D eigenvalue weighted by molar-refractivity contribution is 6.31. The van der Waals surface area contributed by atoms with Gasteiger partial charge in [-0.3, -0.25) is 0 Å². The van der Waals surface area contributed by atoms with Crippen LogP contribution in [0.1, 0.15) is 57.6 Å². The molecule has 0 spiro atoms. The zero-order chi connectivity index (χ0) is 14.6. The van der Waals surface area contributed by atoms with Crippen molar-refractivity contribution in [1.29, 1.82) is 0 Å². The van der Waals surface area contributed by atoms with Crippen LogP contribution in [0.3, 0.4) is 0 Å². The van der Waals surface area contributed by atoms with Crippen molar-refractivity contribution >= 4 is 11.6 Å². The Morgan fingerprint density at radius 1 is 1.10 bits per heavy atom. The lowest BCUT2D eigenvalue weighted by atomic mass is 10.1. The molecule has 20 heavy (non-hydrogen) atoms. The molecule has 0 bridgehead atoms. The van der Waals surface area contributed by atoms with Gasteiger partial charge in [-0.2, -0.15) is 0 Å². The van der Waals surface area contributed by atoms with Crippen molar-refractivity contribution in [1.82, 2.24) is 5.32 Å². The van der Waals surface area contributed by atoms with E-state index in [1.54, 1.807) is 0 Å². The molecule has 0 fully saturated rings. The first kappa shape index (κ1) is 17.5. The van der Waals surface area contributed by atoms with Crippen LogP contribution in [0.4, 0.5) is 0 Å². The predicted octanol–water partition coefficient (Wildman–Crippen LogP) is 4.98. The number of nitrogens with one attached hydrogen (secondary N) is 1. The number of likely N-dealkylation sites (N-methyl/N-ethyl adjacent to an activating group) is 1. The molecule has 0 aliphatic rings. The third-order valence-electron chi connectivity index (χ3n) is 3.40. The zero-order valence-electron chi connectivity index (χ0n) is 12.8. The lowest BCUT2D eigenvalue weighted by Crippen LogP contribution is -2.23. The normalized spacial score (nSPS) is 12.6. The van der Waals surface area contributed by atoms with Crippen LogP contribution in [0, 0.1) is 0 Å². The van der Waals surface area contributed by atoms with Gasteiger partial charge in [-0.25, -0.2) is 0 Å². The summed E-state index contributed by atoms with van der Waals surface area (Å²) in [4.78, 5) is 0. The lowest BCUT2D eigenvalue weighted by molar-refractivity contribution is 0.0502. The fourth-order valence-electron chi connectivity index (χ4n) is 2.20. The summed E-state index contributed by atoms with van der Waals surface area (Å²) in [5.74, 6) is 0. The van der Waals surface area contributed by atoms with E-state index >= 15 is 0 Å². The number of ether oxygens (including phenoxy) is 1. The van der Waals surface area contributed by atoms with Crippen LogP contribution in [0.15, 0.2) is 24.3 Å². The Bertz CT molecular complexity index is 357. The smallest absolute Gasteiger partial charge is 0.0963 e. The van der Waals surface area contributed by atoms with Crippen LogP contribution in [0.5, 0.6) is 0 Å². The van der Waals surface area contributed by atoms with E-state index in [4.69, 9.17) is 16.3 Å². The molecule has 0 amide bonds. The molecule has 0 saturated carbocycles. The highest BCUT2D eigenvalue weighted by Crippen LogP contribution is 2.25. The second-order valence-electron chi connectivity index (χ2n) is 5.10. The maximum atomic E-state index is 6.27. The van der Waals surface area contributed by atoms with Gasteiger partial charge in [0.15, 0.2) is 0 Å². The Morgan fingerprint density at radius 2 is 1.85 bits per heavy atom. The highest BCUT2D eigenvalue weighted by atomic mass is 35.5. The SMILES string of the molecule is CCCCCCCOC(CNCC)c1ccccc1Cl. The second kappa shape index (κ2) is 11.1. The summed E-state index contributed by atoms with van der Waals surface area (Å²) < 4.78 is 6.04. The van der Waals surface area contributed by atoms with Crippen molar-refractivity contribution < 1.29 is 4.74 Å². The summed E-state index contributed by atoms with van der Waals surface area (Å²) >= 11 is 6.27. The van der Waals surface area contributed by atoms with E-state index in [1.807, 2.05) is 18.2 Å². The molecule has 1 rings (SSSR count). The van der Waals surface area contributed by atoms with E-state index in [2.05, 4.69) is 25.2 Å². The molecule has 2 nitrogen and oxygen atoms in total. The van der Waals surface area contributed by atoms with E-state index in [0.717, 1.165) is 36.7 Å². The minimum absolute atomic E-state index is 0.0508. The molecule has 0 aliphatic heterocycles. The quantitative estimate of drug-likeness (QED) is 0.582. The van der Waals surface area contributed by atoms with Gasteiger partial charge in [0.2, 0.25) is 0 Å². The zero-order valence-corrected chi connectivity index (χ0v) is 13.6. The van der Waals surface area contributed by atoms with Crippen molar-refractivity contribution in [2.24, 2.45) is 0 Å². The van der Waals surface area contributed by atoms with Gasteiger partial charge in [-0.1, -0.05) is 69.3 Å². The van der Waals surface area contributed by atoms with Gasteiger partial charge in [0, 0.05) is 23.7 Å². The van der Waals surface area contributed by atoms with Crippen molar-refractivity contribution in [2.75, 3.05) is 19.7 Å². The molecule has 1 unspecified atom stereocenters. The number of benzene rings is 1. The van der Waals surface area contributed by atoms with Gasteiger partial charge >= 0.3 is 0 Å². The van der Waals surface area contributed by atoms with Gasteiger partial charge in [0.1, 0.15) is 0 Å². The maximum Gasteiger partial charge on any atom is 0.0963 e. The fourth-order valence-corrected chi connectivity index (χ4v) is 2.46. The fraction of sp³-hybridized carbons (Fsp3) is 0.647. The molecule has 0 radical (unpaired) electrons. The summed E-state index contributed by atoms with van der Waals surface area (Å²) in [6, 6.07) is 7.97. The minimum Gasteiger partial charge on any atom is -0.372 e. The number of halogens is 1. The Labute approximate surface area is 128 Å². The van der Waals surface area contributed by atoms with Crippen LogP contribution in [-0.2, 0) is 4.74 Å². The summed E-state index contributed by atoms with van der Waals surface area (Å²) in [5.41, 5.74) is 1.09. The van der Waals surface area contributed by atoms with Crippen LogP contribution >= 0.6 is 11.6 Å². The van der Waals surface area contributed by atoms with Crippen molar-refractivity contribution in [2.45, 2.75) is 52.1 Å². The van der Waals surface area contributed by atoms with E-state index in [9.17, 15) is 0 Å². The topological polar surface area (TPSA) is 21.3 Å². The second-order valence-corrected chi connectivity index (χ2v) is 5.51. The van der Waals surface area contributed by atoms with Gasteiger partial charge < -0.3 is 10.1 Å². The third kappa shape index (κ3) is 6.74. The van der Waals surface area contributed by atoms with Crippen LogP contribution in [0.2, 0.25) is 5.02 Å². The maximum absolute atomic E-state index is 6.27. The monoisotopic (exact) mass is 297 g/mol. The number of hydrogen-bond acceptors (Lipinski definition) is 2. The highest BCUT2D eigenvalue weighted by Gasteiger charge is 2.14. The molecule has 3 heteroatoms. The Hall–Kier alpha value is -0.570. The average Bonchev–Trinajstić information content (AvgIpc) is 2.47. The van der Waals surface area contributed by atoms with Crippen LogP contribution in [0.25, 0.3) is 0 Å². The van der Waals surface area contributed by atoms with E-state index < -0.39 is 0 Å². The van der Waals surface area contributed by atoms with E-state index in [0.29, 0.717) is 0 Å². The Balaban J connectivity index is 2.42. The molecule has 1 atom stereocenters. The van der Waals surface area contributed by atoms with Gasteiger partial charge in [0.25, 0.3) is 0 Å². The lowest BCUT2D eigenvalue weighted by Gasteiger charge is -2.20. The van der Waals surface area contributed by atoms with Gasteiger partial charge in [-0.05, 0) is 19.0 Å². The molecule has 114 valence electrons. The summed E-state index contributed by atoms with van der Waals surface area (Å²) in [7, 11) is 0. The first-order valence-corrected chi connectivity index (χ1v) is 8.24. The third-order valence-corrected chi connectivity index (χ3v) is 3.74. The first-order valence-electron chi connectivity index (χ1n) is 7.86. The molecule has 0 heterocycles. The molecular formula is C17H28ClNO. The standard InChI is InChI=1S/C17H28ClNO/c1-3-5-6-7-10-13-20-17(14-19-4-2)15-11-8-9-12-16(15)18/h8-9,11-12,17,19H,3-7,10,13-14H2,1-2H3. The van der Waals surface area contributed by atoms with Crippen molar-refractivity contribution in [3.05, 3.63) is 34.9 Å². The summed E-state index contributed by atoms with van der Waals surface area (Å²) in [6.45, 7) is 6.91. The molecule has 1 aromatic rings. The Morgan fingerprint density at radius 3 is 2.55 bits per heavy atom. The average molecular weight is 298 g/mol. The molecule has 1 N–H and O–H groups in total. The van der Waals surface area contributed by atoms with Crippen LogP contribution < -0.4 is 5.32 Å². The molecule has 0 aromatic heterocycles. The molecular weight excluding hydrogens is 270 g/mol. The summed E-state index contributed by atoms with van der Waals surface area (Å²) in [5, 5.41) is 4.14.